The number of benzene rings is 2. The number of aryl methyl sites for hydroxylation is 1. The average molecular weight is 400 g/mol. The first kappa shape index (κ1) is 17.4. The molecule has 0 atom stereocenters. The Labute approximate surface area is 154 Å². The van der Waals surface area contributed by atoms with Crippen molar-refractivity contribution in [3.05, 3.63) is 58.6 Å². The zero-order valence-corrected chi connectivity index (χ0v) is 15.4. The van der Waals surface area contributed by atoms with Gasteiger partial charge in [0.1, 0.15) is 0 Å². The summed E-state index contributed by atoms with van der Waals surface area (Å²) in [5.74, 6) is -0.316. The lowest BCUT2D eigenvalue weighted by Gasteiger charge is -2.03. The molecule has 1 heterocycles. The topological polar surface area (TPSA) is 66.9 Å². The van der Waals surface area contributed by atoms with Gasteiger partial charge in [-0.2, -0.15) is 0 Å². The Morgan fingerprint density at radius 3 is 2.68 bits per heavy atom. The van der Waals surface area contributed by atoms with E-state index < -0.39 is 0 Å². The number of nitrogens with zero attached hydrogens (tertiary/aromatic N) is 3. The Kier molecular flexibility index (Phi) is 5.28. The molecule has 3 aromatic rings. The zero-order valence-electron chi connectivity index (χ0n) is 13.8. The van der Waals surface area contributed by atoms with Crippen LogP contribution in [0.15, 0.2) is 63.2 Å². The molecule has 0 saturated heterocycles. The summed E-state index contributed by atoms with van der Waals surface area (Å²) in [5.41, 5.74) is 2.07. The van der Waals surface area contributed by atoms with Crippen LogP contribution in [0.25, 0.3) is 10.9 Å². The lowest BCUT2D eigenvalue weighted by Crippen LogP contribution is -1.97. The maximum atomic E-state index is 12.1. The highest BCUT2D eigenvalue weighted by molar-refractivity contribution is 9.10. The van der Waals surface area contributed by atoms with Gasteiger partial charge in [0.2, 0.25) is 5.88 Å². The maximum absolute atomic E-state index is 12.1. The summed E-state index contributed by atoms with van der Waals surface area (Å²) >= 11 is 3.43. The molecule has 1 aromatic heterocycles. The largest absolute Gasteiger partial charge is 0.493 e. The fourth-order valence-corrected chi connectivity index (χ4v) is 3.12. The van der Waals surface area contributed by atoms with Gasteiger partial charge in [-0.05, 0) is 30.2 Å². The third-order valence-electron chi connectivity index (χ3n) is 3.88. The predicted octanol–water partition coefficient (Wildman–Crippen LogP) is 5.37. The van der Waals surface area contributed by atoms with Crippen LogP contribution in [-0.2, 0) is 17.8 Å². The molecule has 0 aliphatic heterocycles. The van der Waals surface area contributed by atoms with Crippen molar-refractivity contribution in [1.29, 1.82) is 0 Å². The Morgan fingerprint density at radius 1 is 1.20 bits per heavy atom. The second-order valence-electron chi connectivity index (χ2n) is 5.74. The van der Waals surface area contributed by atoms with Crippen molar-refractivity contribution in [2.45, 2.75) is 26.3 Å². The third kappa shape index (κ3) is 3.79. The van der Waals surface area contributed by atoms with Crippen molar-refractivity contribution in [3.8, 4) is 5.88 Å². The zero-order chi connectivity index (χ0) is 17.8. The van der Waals surface area contributed by atoms with Crippen molar-refractivity contribution < 1.29 is 9.90 Å². The van der Waals surface area contributed by atoms with E-state index in [1.165, 1.54) is 0 Å². The summed E-state index contributed by atoms with van der Waals surface area (Å²) in [6, 6.07) is 15.1. The summed E-state index contributed by atoms with van der Waals surface area (Å²) in [7, 11) is 0. The number of carbonyl (C=O) groups is 1. The van der Waals surface area contributed by atoms with Crippen LogP contribution in [0.4, 0.5) is 5.69 Å². The van der Waals surface area contributed by atoms with Gasteiger partial charge in [0.25, 0.3) is 5.91 Å². The molecule has 6 heteroatoms. The molecule has 25 heavy (non-hydrogen) atoms. The highest BCUT2D eigenvalue weighted by Crippen LogP contribution is 2.40. The second-order valence-corrected chi connectivity index (χ2v) is 6.66. The number of hydrogen-bond acceptors (Lipinski definition) is 3. The minimum Gasteiger partial charge on any atom is -0.493 e. The van der Waals surface area contributed by atoms with Gasteiger partial charge in [0.05, 0.1) is 11.9 Å². The fraction of sp³-hybridized carbons (Fsp3) is 0.211. The highest BCUT2D eigenvalue weighted by atomic mass is 79.9. The number of azo groups is 1. The van der Waals surface area contributed by atoms with Crippen molar-refractivity contribution in [1.82, 2.24) is 4.57 Å². The molecule has 0 aliphatic carbocycles. The molecule has 128 valence electrons. The monoisotopic (exact) mass is 399 g/mol. The van der Waals surface area contributed by atoms with E-state index in [0.717, 1.165) is 27.4 Å². The summed E-state index contributed by atoms with van der Waals surface area (Å²) < 4.78 is 2.67. The number of carbonyl (C=O) groups excluding carboxylic acids is 1. The number of halogens is 1. The van der Waals surface area contributed by atoms with E-state index in [4.69, 9.17) is 0 Å². The molecule has 1 amide bonds. The summed E-state index contributed by atoms with van der Waals surface area (Å²) in [6.45, 7) is 2.70. The van der Waals surface area contributed by atoms with E-state index in [1.807, 2.05) is 55.5 Å². The van der Waals surface area contributed by atoms with E-state index in [1.54, 1.807) is 4.57 Å². The Morgan fingerprint density at radius 2 is 1.96 bits per heavy atom. The number of rotatable bonds is 5. The molecule has 3 rings (SSSR count). The standard InChI is InChI=1S/C19H18BrN3O2/c1-2-10-23-16-9-8-14(20)12-15(16)18(19(23)25)22-21-17(24)11-13-6-4-3-5-7-13/h3-9,12,25H,2,10-11H2,1H3. The van der Waals surface area contributed by atoms with Gasteiger partial charge < -0.3 is 9.67 Å². The van der Waals surface area contributed by atoms with Gasteiger partial charge in [-0.3, -0.25) is 4.79 Å². The first-order chi connectivity index (χ1) is 12.1. The Hall–Kier alpha value is -2.47. The molecule has 0 fully saturated rings. The van der Waals surface area contributed by atoms with E-state index >= 15 is 0 Å². The summed E-state index contributed by atoms with van der Waals surface area (Å²) in [6.07, 6.45) is 1.05. The van der Waals surface area contributed by atoms with Gasteiger partial charge in [0, 0.05) is 16.4 Å². The number of amides is 1. The third-order valence-corrected chi connectivity index (χ3v) is 4.37. The second kappa shape index (κ2) is 7.61. The van der Waals surface area contributed by atoms with Crippen LogP contribution < -0.4 is 0 Å². The minimum absolute atomic E-state index is 0.0335. The maximum Gasteiger partial charge on any atom is 0.269 e. The van der Waals surface area contributed by atoms with Gasteiger partial charge in [-0.15, -0.1) is 10.2 Å². The first-order valence-electron chi connectivity index (χ1n) is 8.09. The molecule has 0 unspecified atom stereocenters. The summed E-state index contributed by atoms with van der Waals surface area (Å²) in [4.78, 5) is 12.1. The van der Waals surface area contributed by atoms with E-state index in [-0.39, 0.29) is 18.2 Å². The number of fused-ring (bicyclic) bond motifs is 1. The molecule has 0 spiro atoms. The number of aromatic hydroxyl groups is 1. The molecular formula is C19H18BrN3O2. The molecule has 0 saturated carbocycles. The van der Waals surface area contributed by atoms with E-state index in [2.05, 4.69) is 26.2 Å². The van der Waals surface area contributed by atoms with Crippen LogP contribution in [0.3, 0.4) is 0 Å². The lowest BCUT2D eigenvalue weighted by atomic mass is 10.1. The van der Waals surface area contributed by atoms with Crippen LogP contribution in [0.5, 0.6) is 5.88 Å². The van der Waals surface area contributed by atoms with Gasteiger partial charge in [-0.1, -0.05) is 53.2 Å². The normalized spacial score (nSPS) is 11.4. The molecule has 0 radical (unpaired) electrons. The molecule has 0 bridgehead atoms. The lowest BCUT2D eigenvalue weighted by molar-refractivity contribution is -0.117. The van der Waals surface area contributed by atoms with Crippen LogP contribution in [0.2, 0.25) is 0 Å². The number of hydrogen-bond donors (Lipinski definition) is 1. The Balaban J connectivity index is 1.93. The smallest absolute Gasteiger partial charge is 0.269 e. The summed E-state index contributed by atoms with van der Waals surface area (Å²) in [5, 5.41) is 19.1. The van der Waals surface area contributed by atoms with E-state index in [9.17, 15) is 9.90 Å². The molecule has 5 nitrogen and oxygen atoms in total. The van der Waals surface area contributed by atoms with Crippen LogP contribution in [0, 0.1) is 0 Å². The van der Waals surface area contributed by atoms with Crippen LogP contribution in [0.1, 0.15) is 18.9 Å². The van der Waals surface area contributed by atoms with Crippen LogP contribution >= 0.6 is 15.9 Å². The molecular weight excluding hydrogens is 382 g/mol. The Bertz CT molecular complexity index is 933. The van der Waals surface area contributed by atoms with Crippen molar-refractivity contribution in [2.24, 2.45) is 10.2 Å². The molecule has 2 aromatic carbocycles. The quantitative estimate of drug-likeness (QED) is 0.585. The molecule has 1 N–H and O–H groups in total. The average Bonchev–Trinajstić information content (AvgIpc) is 2.85. The SMILES string of the molecule is CCCn1c(O)c(N=NC(=O)Cc2ccccc2)c2cc(Br)ccc21. The van der Waals surface area contributed by atoms with Crippen molar-refractivity contribution >= 4 is 38.4 Å². The predicted molar refractivity (Wildman–Crippen MR) is 101 cm³/mol. The van der Waals surface area contributed by atoms with E-state index in [0.29, 0.717) is 12.2 Å². The highest BCUT2D eigenvalue weighted by Gasteiger charge is 2.17. The van der Waals surface area contributed by atoms with Crippen molar-refractivity contribution in [3.63, 3.8) is 0 Å². The van der Waals surface area contributed by atoms with Crippen LogP contribution in [-0.4, -0.2) is 15.6 Å². The minimum atomic E-state index is -0.350. The van der Waals surface area contributed by atoms with Gasteiger partial charge in [0.15, 0.2) is 5.69 Å². The van der Waals surface area contributed by atoms with Gasteiger partial charge in [-0.25, -0.2) is 0 Å². The molecule has 0 aliphatic rings. The first-order valence-corrected chi connectivity index (χ1v) is 8.88. The van der Waals surface area contributed by atoms with Crippen molar-refractivity contribution in [2.75, 3.05) is 0 Å². The van der Waals surface area contributed by atoms with Gasteiger partial charge >= 0.3 is 0 Å². The fourth-order valence-electron chi connectivity index (χ4n) is 2.76. The number of aromatic nitrogens is 1.